The van der Waals surface area contributed by atoms with Crippen LogP contribution in [0.3, 0.4) is 0 Å². The number of carbonyl (C=O) groups excluding carboxylic acids is 2. The number of hydrogen-bond donors (Lipinski definition) is 3. The predicted molar refractivity (Wildman–Crippen MR) is 83.3 cm³/mol. The number of rotatable bonds is 5. The molecule has 7 heteroatoms. The molecule has 0 bridgehead atoms. The summed E-state index contributed by atoms with van der Waals surface area (Å²) in [5, 5.41) is 7.87. The molecule has 1 heterocycles. The van der Waals surface area contributed by atoms with Crippen LogP contribution in [0.25, 0.3) is 0 Å². The second-order valence-electron chi connectivity index (χ2n) is 4.44. The number of carbonyl (C=O) groups is 2. The molecule has 1 aromatic carbocycles. The summed E-state index contributed by atoms with van der Waals surface area (Å²) in [7, 11) is 0. The fourth-order valence-corrected chi connectivity index (χ4v) is 2.35. The van der Waals surface area contributed by atoms with Gasteiger partial charge in [-0.3, -0.25) is 9.59 Å². The van der Waals surface area contributed by atoms with Crippen LogP contribution >= 0.6 is 11.3 Å². The van der Waals surface area contributed by atoms with Crippen LogP contribution in [0.5, 0.6) is 0 Å². The van der Waals surface area contributed by atoms with Gasteiger partial charge in [0.05, 0.1) is 5.69 Å². The highest BCUT2D eigenvalue weighted by Gasteiger charge is 2.06. The van der Waals surface area contributed by atoms with Gasteiger partial charge >= 0.3 is 0 Å². The maximum Gasteiger partial charge on any atom is 0.251 e. The van der Waals surface area contributed by atoms with Crippen LogP contribution < -0.4 is 16.4 Å². The smallest absolute Gasteiger partial charge is 0.251 e. The summed E-state index contributed by atoms with van der Waals surface area (Å²) in [6.07, 6.45) is 0.642. The van der Waals surface area contributed by atoms with Crippen molar-refractivity contribution in [2.45, 2.75) is 13.3 Å². The van der Waals surface area contributed by atoms with E-state index in [0.717, 1.165) is 5.69 Å². The number of nitrogens with two attached hydrogens (primary N) is 1. The van der Waals surface area contributed by atoms with Gasteiger partial charge in [0, 0.05) is 36.5 Å². The molecule has 2 aromatic rings. The highest BCUT2D eigenvalue weighted by atomic mass is 32.1. The zero-order valence-corrected chi connectivity index (χ0v) is 12.4. The van der Waals surface area contributed by atoms with E-state index in [0.29, 0.717) is 29.3 Å². The molecule has 0 aliphatic rings. The van der Waals surface area contributed by atoms with Crippen LogP contribution in [0.15, 0.2) is 29.6 Å². The first-order valence-corrected chi connectivity index (χ1v) is 7.28. The maximum atomic E-state index is 11.9. The molecule has 0 aliphatic heterocycles. The number of benzene rings is 1. The molecule has 4 N–H and O–H groups in total. The van der Waals surface area contributed by atoms with Crippen molar-refractivity contribution in [3.05, 3.63) is 40.9 Å². The lowest BCUT2D eigenvalue weighted by Crippen LogP contribution is -2.25. The van der Waals surface area contributed by atoms with Gasteiger partial charge in [-0.1, -0.05) is 0 Å². The van der Waals surface area contributed by atoms with Crippen LogP contribution in [-0.4, -0.2) is 23.3 Å². The van der Waals surface area contributed by atoms with E-state index in [4.69, 9.17) is 5.73 Å². The Morgan fingerprint density at radius 1 is 1.29 bits per heavy atom. The van der Waals surface area contributed by atoms with Crippen LogP contribution in [0, 0.1) is 0 Å². The molecule has 1 aromatic heterocycles. The Bertz CT molecular complexity index is 637. The monoisotopic (exact) mass is 304 g/mol. The molecule has 110 valence electrons. The Morgan fingerprint density at radius 2 is 2.00 bits per heavy atom. The summed E-state index contributed by atoms with van der Waals surface area (Å²) < 4.78 is 0. The van der Waals surface area contributed by atoms with E-state index in [1.165, 1.54) is 18.3 Å². The Hall–Kier alpha value is -2.41. The van der Waals surface area contributed by atoms with E-state index in [9.17, 15) is 9.59 Å². The molecular formula is C14H16N4O2S. The van der Waals surface area contributed by atoms with Crippen molar-refractivity contribution >= 4 is 34.0 Å². The van der Waals surface area contributed by atoms with E-state index >= 15 is 0 Å². The van der Waals surface area contributed by atoms with Gasteiger partial charge in [-0.2, -0.15) is 0 Å². The van der Waals surface area contributed by atoms with E-state index in [-0.39, 0.29) is 11.8 Å². The predicted octanol–water partition coefficient (Wildman–Crippen LogP) is 1.66. The zero-order valence-electron chi connectivity index (χ0n) is 11.6. The molecule has 0 saturated heterocycles. The molecule has 0 fully saturated rings. The highest BCUT2D eigenvalue weighted by molar-refractivity contribution is 7.13. The number of amides is 2. The van der Waals surface area contributed by atoms with Gasteiger partial charge in [-0.15, -0.1) is 11.3 Å². The first kappa shape index (κ1) is 15.0. The summed E-state index contributed by atoms with van der Waals surface area (Å²) in [6.45, 7) is 1.93. The second kappa shape index (κ2) is 6.85. The molecular weight excluding hydrogens is 288 g/mol. The van der Waals surface area contributed by atoms with Crippen LogP contribution in [0.4, 0.5) is 10.8 Å². The van der Waals surface area contributed by atoms with Crippen LogP contribution in [0.1, 0.15) is 23.0 Å². The second-order valence-corrected chi connectivity index (χ2v) is 5.33. The summed E-state index contributed by atoms with van der Waals surface area (Å²) in [4.78, 5) is 27.0. The molecule has 0 spiro atoms. The lowest BCUT2D eigenvalue weighted by Gasteiger charge is -2.06. The zero-order chi connectivity index (χ0) is 15.2. The van der Waals surface area contributed by atoms with E-state index in [1.54, 1.807) is 24.3 Å². The topological polar surface area (TPSA) is 97.1 Å². The van der Waals surface area contributed by atoms with Crippen molar-refractivity contribution in [2.75, 3.05) is 17.6 Å². The van der Waals surface area contributed by atoms with Gasteiger partial charge in [-0.05, 0) is 24.3 Å². The SMILES string of the molecule is CC(=O)Nc1ccc(C(=O)NCCc2csc(N)n2)cc1. The molecule has 0 radical (unpaired) electrons. The molecule has 0 aliphatic carbocycles. The number of thiazole rings is 1. The number of nitrogens with one attached hydrogen (secondary N) is 2. The lowest BCUT2D eigenvalue weighted by molar-refractivity contribution is -0.114. The Morgan fingerprint density at radius 3 is 2.57 bits per heavy atom. The fourth-order valence-electron chi connectivity index (χ4n) is 1.75. The van der Waals surface area contributed by atoms with Gasteiger partial charge < -0.3 is 16.4 Å². The normalized spacial score (nSPS) is 10.1. The molecule has 6 nitrogen and oxygen atoms in total. The molecule has 0 unspecified atom stereocenters. The number of aromatic nitrogens is 1. The summed E-state index contributed by atoms with van der Waals surface area (Å²) in [6, 6.07) is 6.72. The van der Waals surface area contributed by atoms with Crippen molar-refractivity contribution < 1.29 is 9.59 Å². The van der Waals surface area contributed by atoms with Gasteiger partial charge in [-0.25, -0.2) is 4.98 Å². The lowest BCUT2D eigenvalue weighted by atomic mass is 10.2. The largest absolute Gasteiger partial charge is 0.375 e. The average molecular weight is 304 g/mol. The van der Waals surface area contributed by atoms with Crippen molar-refractivity contribution in [1.29, 1.82) is 0 Å². The molecule has 2 rings (SSSR count). The minimum atomic E-state index is -0.160. The first-order chi connectivity index (χ1) is 10.0. The summed E-state index contributed by atoms with van der Waals surface area (Å²) in [5.41, 5.74) is 7.62. The van der Waals surface area contributed by atoms with Crippen molar-refractivity contribution in [2.24, 2.45) is 0 Å². The third-order valence-corrected chi connectivity index (χ3v) is 3.43. The Balaban J connectivity index is 1.84. The maximum absolute atomic E-state index is 11.9. The van der Waals surface area contributed by atoms with Gasteiger partial charge in [0.25, 0.3) is 5.91 Å². The number of hydrogen-bond acceptors (Lipinski definition) is 5. The van der Waals surface area contributed by atoms with Crippen LogP contribution in [-0.2, 0) is 11.2 Å². The minimum absolute atomic E-state index is 0.144. The van der Waals surface area contributed by atoms with Crippen molar-refractivity contribution in [3.8, 4) is 0 Å². The molecule has 0 atom stereocenters. The van der Waals surface area contributed by atoms with E-state index in [1.807, 2.05) is 5.38 Å². The number of anilines is 2. The minimum Gasteiger partial charge on any atom is -0.375 e. The van der Waals surface area contributed by atoms with Crippen molar-refractivity contribution in [3.63, 3.8) is 0 Å². The third kappa shape index (κ3) is 4.57. The van der Waals surface area contributed by atoms with E-state index < -0.39 is 0 Å². The average Bonchev–Trinajstić information content (AvgIpc) is 2.84. The third-order valence-electron chi connectivity index (χ3n) is 2.70. The van der Waals surface area contributed by atoms with Gasteiger partial charge in [0.1, 0.15) is 0 Å². The highest BCUT2D eigenvalue weighted by Crippen LogP contribution is 2.11. The Labute approximate surface area is 126 Å². The molecule has 2 amide bonds. The standard InChI is InChI=1S/C14H16N4O2S/c1-9(19)17-11-4-2-10(3-5-11)13(20)16-7-6-12-8-21-14(15)18-12/h2-5,8H,6-7H2,1H3,(H2,15,18)(H,16,20)(H,17,19). The fraction of sp³-hybridized carbons (Fsp3) is 0.214. The Kier molecular flexibility index (Phi) is 4.89. The van der Waals surface area contributed by atoms with Crippen molar-refractivity contribution in [1.82, 2.24) is 10.3 Å². The first-order valence-electron chi connectivity index (χ1n) is 6.40. The number of nitrogens with zero attached hydrogens (tertiary/aromatic N) is 1. The van der Waals surface area contributed by atoms with E-state index in [2.05, 4.69) is 15.6 Å². The van der Waals surface area contributed by atoms with Crippen LogP contribution in [0.2, 0.25) is 0 Å². The van der Waals surface area contributed by atoms with Gasteiger partial charge in [0.15, 0.2) is 5.13 Å². The molecule has 21 heavy (non-hydrogen) atoms. The quantitative estimate of drug-likeness (QED) is 0.782. The molecule has 0 saturated carbocycles. The number of nitrogen functional groups attached to an aromatic ring is 1. The summed E-state index contributed by atoms with van der Waals surface area (Å²) in [5.74, 6) is -0.303. The van der Waals surface area contributed by atoms with Gasteiger partial charge in [0.2, 0.25) is 5.91 Å². The summed E-state index contributed by atoms with van der Waals surface area (Å²) >= 11 is 1.39.